The van der Waals surface area contributed by atoms with Crippen LogP contribution >= 0.6 is 0 Å². The SMILES string of the molecule is C/C=C\C(=C/C)Nc1nnc(Cc2ccncc2)c2ccccc12.C=C.CC.CC. The summed E-state index contributed by atoms with van der Waals surface area (Å²) in [4.78, 5) is 4.06. The van der Waals surface area contributed by atoms with E-state index in [4.69, 9.17) is 0 Å². The number of rotatable bonds is 5. The predicted molar refractivity (Wildman–Crippen MR) is 133 cm³/mol. The first-order valence-corrected chi connectivity index (χ1v) is 10.5. The van der Waals surface area contributed by atoms with E-state index in [2.05, 4.69) is 45.8 Å². The summed E-state index contributed by atoms with van der Waals surface area (Å²) >= 11 is 0. The number of aromatic nitrogens is 3. The van der Waals surface area contributed by atoms with Gasteiger partial charge in [0.15, 0.2) is 5.82 Å². The minimum absolute atomic E-state index is 0.738. The zero-order valence-corrected chi connectivity index (χ0v) is 19.3. The van der Waals surface area contributed by atoms with Gasteiger partial charge < -0.3 is 5.32 Å². The number of benzene rings is 1. The number of nitrogens with zero attached hydrogens (tertiary/aromatic N) is 3. The van der Waals surface area contributed by atoms with Gasteiger partial charge in [-0.3, -0.25) is 4.98 Å². The Labute approximate surface area is 182 Å². The lowest BCUT2D eigenvalue weighted by Gasteiger charge is -2.11. The van der Waals surface area contributed by atoms with E-state index in [-0.39, 0.29) is 0 Å². The molecule has 30 heavy (non-hydrogen) atoms. The summed E-state index contributed by atoms with van der Waals surface area (Å²) in [5.74, 6) is 0.773. The maximum atomic E-state index is 4.47. The van der Waals surface area contributed by atoms with Crippen molar-refractivity contribution in [3.05, 3.63) is 97.1 Å². The monoisotopic (exact) mass is 404 g/mol. The zero-order chi connectivity index (χ0) is 22.8. The van der Waals surface area contributed by atoms with Gasteiger partial charge in [-0.15, -0.1) is 18.3 Å². The molecule has 0 aliphatic carbocycles. The number of hydrogen-bond donors (Lipinski definition) is 1. The molecule has 1 aromatic carbocycles. The van der Waals surface area contributed by atoms with Gasteiger partial charge in [0.25, 0.3) is 0 Å². The topological polar surface area (TPSA) is 50.7 Å². The van der Waals surface area contributed by atoms with Gasteiger partial charge in [0.1, 0.15) is 0 Å². The molecule has 4 nitrogen and oxygen atoms in total. The lowest BCUT2D eigenvalue weighted by Crippen LogP contribution is -2.04. The van der Waals surface area contributed by atoms with E-state index >= 15 is 0 Å². The van der Waals surface area contributed by atoms with Gasteiger partial charge in [0, 0.05) is 35.3 Å². The predicted octanol–water partition coefficient (Wildman–Crippen LogP) is 7.36. The quantitative estimate of drug-likeness (QED) is 0.356. The Hall–Kier alpha value is -3.27. The fourth-order valence-corrected chi connectivity index (χ4v) is 2.60. The standard InChI is InChI=1S/C20H20N4.2C2H6.C2H4/c1-3-7-16(4-2)22-20-18-9-6-5-8-17(18)19(23-24-20)14-15-10-12-21-13-11-15;3*1-2/h3-13H,14H2,1-2H3,(H,22,24);2*1-2H3;1-2H2/b7-3-,16-4+;;;. The number of allylic oxidation sites excluding steroid dienone is 3. The molecule has 0 fully saturated rings. The molecule has 1 N–H and O–H groups in total. The third kappa shape index (κ3) is 8.00. The third-order valence-corrected chi connectivity index (χ3v) is 3.80. The van der Waals surface area contributed by atoms with E-state index in [0.29, 0.717) is 0 Å². The summed E-state index contributed by atoms with van der Waals surface area (Å²) in [5, 5.41) is 14.4. The van der Waals surface area contributed by atoms with Gasteiger partial charge in [0.05, 0.1) is 5.69 Å². The Morgan fingerprint density at radius 3 is 2.07 bits per heavy atom. The lowest BCUT2D eigenvalue weighted by molar-refractivity contribution is 0.958. The highest BCUT2D eigenvalue weighted by Crippen LogP contribution is 2.25. The molecule has 2 heterocycles. The molecule has 0 bridgehead atoms. The molecule has 3 rings (SSSR count). The Morgan fingerprint density at radius 2 is 1.50 bits per heavy atom. The van der Waals surface area contributed by atoms with Crippen molar-refractivity contribution >= 4 is 16.6 Å². The summed E-state index contributed by atoms with van der Waals surface area (Å²) < 4.78 is 0. The molecule has 0 aliphatic rings. The van der Waals surface area contributed by atoms with Crippen molar-refractivity contribution in [1.29, 1.82) is 0 Å². The number of fused-ring (bicyclic) bond motifs is 1. The molecular formula is C26H36N4. The van der Waals surface area contributed by atoms with Crippen LogP contribution < -0.4 is 5.32 Å². The summed E-state index contributed by atoms with van der Waals surface area (Å²) in [6, 6.07) is 12.2. The molecular weight excluding hydrogens is 368 g/mol. The minimum Gasteiger partial charge on any atom is -0.339 e. The van der Waals surface area contributed by atoms with Crippen LogP contribution in [0.1, 0.15) is 52.8 Å². The number of anilines is 1. The summed E-state index contributed by atoms with van der Waals surface area (Å²) in [7, 11) is 0. The first-order valence-electron chi connectivity index (χ1n) is 10.5. The Bertz CT molecular complexity index is 899. The van der Waals surface area contributed by atoms with Crippen molar-refractivity contribution in [2.75, 3.05) is 5.32 Å². The third-order valence-electron chi connectivity index (χ3n) is 3.80. The van der Waals surface area contributed by atoms with Crippen molar-refractivity contribution in [3.8, 4) is 0 Å². The highest BCUT2D eigenvalue weighted by atomic mass is 15.2. The van der Waals surface area contributed by atoms with Crippen molar-refractivity contribution in [2.45, 2.75) is 48.0 Å². The molecule has 0 aliphatic heterocycles. The molecule has 3 aromatic rings. The van der Waals surface area contributed by atoms with E-state index in [9.17, 15) is 0 Å². The van der Waals surface area contributed by atoms with Crippen LogP contribution in [0, 0.1) is 0 Å². The number of nitrogens with one attached hydrogen (secondary N) is 1. The van der Waals surface area contributed by atoms with Gasteiger partial charge in [-0.1, -0.05) is 64.1 Å². The molecule has 0 saturated heterocycles. The second kappa shape index (κ2) is 16.7. The first-order chi connectivity index (χ1) is 14.8. The Kier molecular flexibility index (Phi) is 14.8. The lowest BCUT2D eigenvalue weighted by atomic mass is 10.0. The van der Waals surface area contributed by atoms with Crippen LogP contribution in [-0.4, -0.2) is 15.2 Å². The van der Waals surface area contributed by atoms with Crippen LogP contribution in [0.25, 0.3) is 10.8 Å². The van der Waals surface area contributed by atoms with E-state index in [1.165, 1.54) is 5.56 Å². The average Bonchev–Trinajstić information content (AvgIpc) is 2.84. The summed E-state index contributed by atoms with van der Waals surface area (Å²) in [6.07, 6.45) is 10.4. The summed E-state index contributed by atoms with van der Waals surface area (Å²) in [6.45, 7) is 18.0. The van der Waals surface area contributed by atoms with Crippen LogP contribution in [0.5, 0.6) is 0 Å². The van der Waals surface area contributed by atoms with Gasteiger partial charge in [0.2, 0.25) is 0 Å². The summed E-state index contributed by atoms with van der Waals surface area (Å²) in [5.41, 5.74) is 3.14. The fourth-order valence-electron chi connectivity index (χ4n) is 2.60. The molecule has 0 saturated carbocycles. The fraction of sp³-hybridized carbons (Fsp3) is 0.269. The molecule has 0 unspecified atom stereocenters. The van der Waals surface area contributed by atoms with E-state index < -0.39 is 0 Å². The Balaban J connectivity index is 0.00000129. The normalized spacial score (nSPS) is 10.1. The second-order valence-corrected chi connectivity index (χ2v) is 5.44. The van der Waals surface area contributed by atoms with Crippen molar-refractivity contribution in [2.24, 2.45) is 0 Å². The minimum atomic E-state index is 0.738. The Morgan fingerprint density at radius 1 is 0.900 bits per heavy atom. The largest absolute Gasteiger partial charge is 0.339 e. The van der Waals surface area contributed by atoms with Crippen LogP contribution in [-0.2, 0) is 6.42 Å². The molecule has 0 amide bonds. The molecule has 4 heteroatoms. The van der Waals surface area contributed by atoms with Gasteiger partial charge in [-0.25, -0.2) is 0 Å². The smallest absolute Gasteiger partial charge is 0.160 e. The van der Waals surface area contributed by atoms with Gasteiger partial charge >= 0.3 is 0 Å². The maximum absolute atomic E-state index is 4.47. The van der Waals surface area contributed by atoms with Crippen molar-refractivity contribution in [1.82, 2.24) is 15.2 Å². The maximum Gasteiger partial charge on any atom is 0.160 e. The van der Waals surface area contributed by atoms with Crippen LogP contribution in [0.15, 0.2) is 85.9 Å². The number of hydrogen-bond acceptors (Lipinski definition) is 4. The highest BCUT2D eigenvalue weighted by molar-refractivity contribution is 5.93. The van der Waals surface area contributed by atoms with Crippen LogP contribution in [0.2, 0.25) is 0 Å². The van der Waals surface area contributed by atoms with E-state index in [1.54, 1.807) is 12.4 Å². The molecule has 2 aromatic heterocycles. The molecule has 0 radical (unpaired) electrons. The van der Waals surface area contributed by atoms with E-state index in [1.807, 2.05) is 84.0 Å². The molecule has 0 spiro atoms. The molecule has 160 valence electrons. The average molecular weight is 405 g/mol. The first kappa shape index (κ1) is 26.7. The zero-order valence-electron chi connectivity index (χ0n) is 19.3. The second-order valence-electron chi connectivity index (χ2n) is 5.44. The van der Waals surface area contributed by atoms with E-state index in [0.717, 1.165) is 34.4 Å². The van der Waals surface area contributed by atoms with Gasteiger partial charge in [-0.05, 0) is 37.6 Å². The molecule has 0 atom stereocenters. The van der Waals surface area contributed by atoms with Crippen molar-refractivity contribution < 1.29 is 0 Å². The van der Waals surface area contributed by atoms with Crippen LogP contribution in [0.4, 0.5) is 5.82 Å². The van der Waals surface area contributed by atoms with Crippen molar-refractivity contribution in [3.63, 3.8) is 0 Å². The highest BCUT2D eigenvalue weighted by Gasteiger charge is 2.10. The van der Waals surface area contributed by atoms with Crippen LogP contribution in [0.3, 0.4) is 0 Å². The van der Waals surface area contributed by atoms with Gasteiger partial charge in [-0.2, -0.15) is 5.10 Å². The number of pyridine rings is 1.